The molecule has 2 heterocycles. The molecule has 0 aromatic carbocycles. The third kappa shape index (κ3) is 2.60. The van der Waals surface area contributed by atoms with Gasteiger partial charge in [-0.3, -0.25) is 0 Å². The van der Waals surface area contributed by atoms with Crippen LogP contribution in [0.15, 0.2) is 10.3 Å². The Morgan fingerprint density at radius 2 is 2.15 bits per heavy atom. The van der Waals surface area contributed by atoms with Gasteiger partial charge in [0.25, 0.3) is 0 Å². The van der Waals surface area contributed by atoms with Crippen molar-refractivity contribution in [1.82, 2.24) is 4.31 Å². The highest BCUT2D eigenvalue weighted by molar-refractivity contribution is 7.89. The first-order valence-electron chi connectivity index (χ1n) is 6.11. The molecule has 112 valence electrons. The topological polar surface area (TPSA) is 72.9 Å². The molecule has 1 atom stereocenters. The minimum atomic E-state index is -3.69. The third-order valence-corrected chi connectivity index (χ3v) is 6.59. The quantitative estimate of drug-likeness (QED) is 0.781. The van der Waals surface area contributed by atoms with Gasteiger partial charge < -0.3 is 9.47 Å². The average Bonchev–Trinajstić information content (AvgIpc) is 3.04. The Bertz CT molecular complexity index is 607. The maximum absolute atomic E-state index is 12.7. The van der Waals surface area contributed by atoms with Crippen LogP contribution in [0.25, 0.3) is 0 Å². The van der Waals surface area contributed by atoms with E-state index in [4.69, 9.17) is 4.74 Å². The maximum atomic E-state index is 12.7. The Morgan fingerprint density at radius 3 is 2.70 bits per heavy atom. The molecule has 1 fully saturated rings. The Labute approximate surface area is 122 Å². The van der Waals surface area contributed by atoms with Crippen molar-refractivity contribution in [3.8, 4) is 0 Å². The highest BCUT2D eigenvalue weighted by Crippen LogP contribution is 2.32. The van der Waals surface area contributed by atoms with E-state index in [1.807, 2.05) is 0 Å². The number of ether oxygens (including phenoxy) is 2. The van der Waals surface area contributed by atoms with E-state index in [2.05, 4.69) is 4.74 Å². The van der Waals surface area contributed by atoms with Crippen LogP contribution in [-0.4, -0.2) is 52.1 Å². The SMILES string of the molecule is COC(=O)c1scc(C)c1S(=O)(=O)N1CCC(OC)C1. The Morgan fingerprint density at radius 1 is 1.45 bits per heavy atom. The lowest BCUT2D eigenvalue weighted by molar-refractivity contribution is 0.0602. The monoisotopic (exact) mass is 319 g/mol. The predicted octanol–water partition coefficient (Wildman–Crippen LogP) is 1.25. The number of thiophene rings is 1. The molecular weight excluding hydrogens is 302 g/mol. The van der Waals surface area contributed by atoms with Gasteiger partial charge in [0.15, 0.2) is 0 Å². The van der Waals surface area contributed by atoms with E-state index in [9.17, 15) is 13.2 Å². The fourth-order valence-electron chi connectivity index (χ4n) is 2.22. The second kappa shape index (κ2) is 5.80. The average molecular weight is 319 g/mol. The van der Waals surface area contributed by atoms with Crippen LogP contribution >= 0.6 is 11.3 Å². The van der Waals surface area contributed by atoms with Gasteiger partial charge in [0.2, 0.25) is 10.0 Å². The van der Waals surface area contributed by atoms with Gasteiger partial charge in [0.05, 0.1) is 13.2 Å². The number of nitrogens with zero attached hydrogens (tertiary/aromatic N) is 1. The molecule has 0 N–H and O–H groups in total. The molecule has 0 saturated carbocycles. The number of hydrogen-bond donors (Lipinski definition) is 0. The zero-order valence-electron chi connectivity index (χ0n) is 11.6. The van der Waals surface area contributed by atoms with Gasteiger partial charge in [-0.05, 0) is 24.3 Å². The van der Waals surface area contributed by atoms with Gasteiger partial charge in [-0.15, -0.1) is 11.3 Å². The van der Waals surface area contributed by atoms with Crippen LogP contribution in [0, 0.1) is 6.92 Å². The summed E-state index contributed by atoms with van der Waals surface area (Å²) in [5.41, 5.74) is 0.566. The van der Waals surface area contributed by atoms with E-state index in [1.54, 1.807) is 19.4 Å². The van der Waals surface area contributed by atoms with Crippen LogP contribution in [0.1, 0.15) is 21.7 Å². The number of esters is 1. The van der Waals surface area contributed by atoms with Gasteiger partial charge in [-0.1, -0.05) is 0 Å². The predicted molar refractivity (Wildman–Crippen MR) is 74.6 cm³/mol. The molecule has 0 bridgehead atoms. The molecule has 2 rings (SSSR count). The summed E-state index contributed by atoms with van der Waals surface area (Å²) in [6, 6.07) is 0. The van der Waals surface area contributed by atoms with Crippen molar-refractivity contribution in [3.05, 3.63) is 15.8 Å². The van der Waals surface area contributed by atoms with E-state index >= 15 is 0 Å². The van der Waals surface area contributed by atoms with Crippen molar-refractivity contribution in [3.63, 3.8) is 0 Å². The standard InChI is InChI=1S/C12H17NO5S2/c1-8-7-19-10(12(14)18-3)11(8)20(15,16)13-5-4-9(6-13)17-2/h7,9H,4-6H2,1-3H3. The molecular formula is C12H17NO5S2. The maximum Gasteiger partial charge on any atom is 0.349 e. The molecule has 0 amide bonds. The van der Waals surface area contributed by atoms with E-state index in [0.29, 0.717) is 25.1 Å². The minimum absolute atomic E-state index is 0.0612. The molecule has 20 heavy (non-hydrogen) atoms. The van der Waals surface area contributed by atoms with E-state index in [-0.39, 0.29) is 15.9 Å². The van der Waals surface area contributed by atoms with E-state index in [0.717, 1.165) is 11.3 Å². The third-order valence-electron chi connectivity index (χ3n) is 3.33. The zero-order chi connectivity index (χ0) is 14.9. The van der Waals surface area contributed by atoms with Gasteiger partial charge in [-0.25, -0.2) is 13.2 Å². The highest BCUT2D eigenvalue weighted by Gasteiger charge is 2.37. The molecule has 8 heteroatoms. The van der Waals surface area contributed by atoms with Crippen molar-refractivity contribution in [2.45, 2.75) is 24.3 Å². The minimum Gasteiger partial charge on any atom is -0.465 e. The summed E-state index contributed by atoms with van der Waals surface area (Å²) >= 11 is 1.09. The fourth-order valence-corrected chi connectivity index (χ4v) is 5.37. The molecule has 1 aromatic rings. The first-order chi connectivity index (χ1) is 9.41. The Hall–Kier alpha value is -0.960. The Balaban J connectivity index is 2.40. The van der Waals surface area contributed by atoms with Gasteiger partial charge in [0.1, 0.15) is 9.77 Å². The van der Waals surface area contributed by atoms with Gasteiger partial charge in [0, 0.05) is 20.2 Å². The van der Waals surface area contributed by atoms with Crippen molar-refractivity contribution in [1.29, 1.82) is 0 Å². The number of carbonyl (C=O) groups is 1. The molecule has 6 nitrogen and oxygen atoms in total. The normalized spacial score (nSPS) is 20.2. The van der Waals surface area contributed by atoms with Crippen molar-refractivity contribution in [2.75, 3.05) is 27.3 Å². The van der Waals surface area contributed by atoms with Crippen LogP contribution < -0.4 is 0 Å². The molecule has 1 aliphatic heterocycles. The molecule has 0 aliphatic carbocycles. The van der Waals surface area contributed by atoms with Crippen molar-refractivity contribution >= 4 is 27.3 Å². The largest absolute Gasteiger partial charge is 0.465 e. The lowest BCUT2D eigenvalue weighted by Gasteiger charge is -2.17. The first-order valence-corrected chi connectivity index (χ1v) is 8.43. The summed E-state index contributed by atoms with van der Waals surface area (Å²) < 4.78 is 36.6. The molecule has 0 spiro atoms. The summed E-state index contributed by atoms with van der Waals surface area (Å²) in [5, 5.41) is 1.66. The molecule has 0 radical (unpaired) electrons. The Kier molecular flexibility index (Phi) is 4.48. The molecule has 1 aromatic heterocycles. The fraction of sp³-hybridized carbons (Fsp3) is 0.583. The summed E-state index contributed by atoms with van der Waals surface area (Å²) in [4.78, 5) is 11.9. The summed E-state index contributed by atoms with van der Waals surface area (Å²) in [5.74, 6) is -0.621. The van der Waals surface area contributed by atoms with E-state index in [1.165, 1.54) is 11.4 Å². The number of hydrogen-bond acceptors (Lipinski definition) is 6. The number of carbonyl (C=O) groups excluding carboxylic acids is 1. The molecule has 1 aliphatic rings. The van der Waals surface area contributed by atoms with E-state index < -0.39 is 16.0 Å². The van der Waals surface area contributed by atoms with Crippen LogP contribution in [-0.2, 0) is 19.5 Å². The second-order valence-corrected chi connectivity index (χ2v) is 7.33. The van der Waals surface area contributed by atoms with Crippen LogP contribution in [0.2, 0.25) is 0 Å². The zero-order valence-corrected chi connectivity index (χ0v) is 13.2. The van der Waals surface area contributed by atoms with Crippen LogP contribution in [0.5, 0.6) is 0 Å². The van der Waals surface area contributed by atoms with Crippen molar-refractivity contribution in [2.24, 2.45) is 0 Å². The number of methoxy groups -OCH3 is 2. The summed E-state index contributed by atoms with van der Waals surface area (Å²) in [6.07, 6.45) is 0.567. The summed E-state index contributed by atoms with van der Waals surface area (Å²) in [7, 11) is -0.885. The van der Waals surface area contributed by atoms with Crippen molar-refractivity contribution < 1.29 is 22.7 Å². The summed E-state index contributed by atoms with van der Waals surface area (Å²) in [6.45, 7) is 2.39. The first kappa shape index (κ1) is 15.4. The number of rotatable bonds is 4. The van der Waals surface area contributed by atoms with Gasteiger partial charge >= 0.3 is 5.97 Å². The number of aryl methyl sites for hydroxylation is 1. The second-order valence-electron chi connectivity index (χ2n) is 4.58. The smallest absolute Gasteiger partial charge is 0.349 e. The number of sulfonamides is 1. The van der Waals surface area contributed by atoms with Crippen LogP contribution in [0.3, 0.4) is 0 Å². The molecule has 1 unspecified atom stereocenters. The highest BCUT2D eigenvalue weighted by atomic mass is 32.2. The molecule has 1 saturated heterocycles. The lowest BCUT2D eigenvalue weighted by atomic mass is 10.3. The van der Waals surface area contributed by atoms with Gasteiger partial charge in [-0.2, -0.15) is 4.31 Å². The van der Waals surface area contributed by atoms with Crippen LogP contribution in [0.4, 0.5) is 0 Å². The lowest BCUT2D eigenvalue weighted by Crippen LogP contribution is -2.31.